The van der Waals surface area contributed by atoms with E-state index in [1.807, 2.05) is 54.6 Å². The molecule has 4 heteroatoms. The molecule has 0 bridgehead atoms. The van der Waals surface area contributed by atoms with E-state index in [-0.39, 0.29) is 5.91 Å². The molecule has 3 rings (SSSR count). The van der Waals surface area contributed by atoms with Crippen LogP contribution in [-0.2, 0) is 4.79 Å². The second kappa shape index (κ2) is 5.67. The lowest BCUT2D eigenvalue weighted by Crippen LogP contribution is -2.07. The highest BCUT2D eigenvalue weighted by Gasteiger charge is 2.01. The third kappa shape index (κ3) is 2.92. The number of aromatic nitrogens is 1. The third-order valence-electron chi connectivity index (χ3n) is 2.73. The van der Waals surface area contributed by atoms with Crippen LogP contribution in [0.4, 0.5) is 5.69 Å². The van der Waals surface area contributed by atoms with Crippen LogP contribution < -0.4 is 5.32 Å². The number of nitrogens with one attached hydrogen (secondary N) is 1. The molecule has 1 heterocycles. The highest BCUT2D eigenvalue weighted by molar-refractivity contribution is 7.19. The summed E-state index contributed by atoms with van der Waals surface area (Å²) in [5.74, 6) is -0.157. The largest absolute Gasteiger partial charge is 0.323 e. The molecule has 0 aliphatic carbocycles. The van der Waals surface area contributed by atoms with E-state index in [1.165, 1.54) is 6.08 Å². The van der Waals surface area contributed by atoms with Crippen molar-refractivity contribution in [1.29, 1.82) is 0 Å². The fourth-order valence-corrected chi connectivity index (χ4v) is 2.68. The summed E-state index contributed by atoms with van der Waals surface area (Å²) < 4.78 is 1.12. The van der Waals surface area contributed by atoms with Gasteiger partial charge in [-0.25, -0.2) is 4.98 Å². The molecule has 0 unspecified atom stereocenters. The first-order valence-corrected chi connectivity index (χ1v) is 7.02. The van der Waals surface area contributed by atoms with Gasteiger partial charge in [-0.2, -0.15) is 0 Å². The molecular weight excluding hydrogens is 268 g/mol. The van der Waals surface area contributed by atoms with Gasteiger partial charge in [-0.1, -0.05) is 30.3 Å². The lowest BCUT2D eigenvalue weighted by atomic mass is 10.3. The zero-order chi connectivity index (χ0) is 13.8. The maximum Gasteiger partial charge on any atom is 0.248 e. The number of hydrogen-bond acceptors (Lipinski definition) is 3. The van der Waals surface area contributed by atoms with E-state index >= 15 is 0 Å². The fraction of sp³-hybridized carbons (Fsp3) is 0. The summed E-state index contributed by atoms with van der Waals surface area (Å²) in [7, 11) is 0. The van der Waals surface area contributed by atoms with Crippen LogP contribution in [0.25, 0.3) is 16.3 Å². The first-order valence-electron chi connectivity index (χ1n) is 6.21. The zero-order valence-electron chi connectivity index (χ0n) is 10.6. The molecule has 0 atom stereocenters. The summed E-state index contributed by atoms with van der Waals surface area (Å²) in [6.45, 7) is 0. The van der Waals surface area contributed by atoms with Crippen molar-refractivity contribution in [3.05, 3.63) is 65.7 Å². The molecule has 3 nitrogen and oxygen atoms in total. The molecule has 1 amide bonds. The zero-order valence-corrected chi connectivity index (χ0v) is 11.4. The van der Waals surface area contributed by atoms with E-state index < -0.39 is 0 Å². The Morgan fingerprint density at radius 1 is 1.05 bits per heavy atom. The predicted octanol–water partition coefficient (Wildman–Crippen LogP) is 3.95. The number of nitrogens with zero attached hydrogens (tertiary/aromatic N) is 1. The predicted molar refractivity (Wildman–Crippen MR) is 83.7 cm³/mol. The molecule has 20 heavy (non-hydrogen) atoms. The minimum absolute atomic E-state index is 0.157. The van der Waals surface area contributed by atoms with Crippen LogP contribution in [0.1, 0.15) is 5.01 Å². The SMILES string of the molecule is O=C(/C=C/c1nc2ccccc2s1)Nc1ccccc1. The van der Waals surface area contributed by atoms with Gasteiger partial charge in [0.25, 0.3) is 0 Å². The Bertz CT molecular complexity index is 729. The number of carbonyl (C=O) groups is 1. The minimum Gasteiger partial charge on any atom is -0.323 e. The fourth-order valence-electron chi connectivity index (χ4n) is 1.81. The molecule has 0 saturated heterocycles. The number of amides is 1. The van der Waals surface area contributed by atoms with Crippen LogP contribution in [-0.4, -0.2) is 10.9 Å². The molecule has 0 radical (unpaired) electrons. The Balaban J connectivity index is 1.72. The van der Waals surface area contributed by atoms with Gasteiger partial charge in [0.05, 0.1) is 10.2 Å². The van der Waals surface area contributed by atoms with Crippen LogP contribution in [0.5, 0.6) is 0 Å². The number of thiazole rings is 1. The normalized spacial score (nSPS) is 11.0. The Morgan fingerprint density at radius 2 is 1.80 bits per heavy atom. The van der Waals surface area contributed by atoms with Gasteiger partial charge < -0.3 is 5.32 Å². The van der Waals surface area contributed by atoms with Crippen LogP contribution in [0.15, 0.2) is 60.7 Å². The molecule has 1 N–H and O–H groups in total. The van der Waals surface area contributed by atoms with Crippen LogP contribution in [0.3, 0.4) is 0 Å². The van der Waals surface area contributed by atoms with Gasteiger partial charge in [-0.15, -0.1) is 11.3 Å². The molecule has 0 fully saturated rings. The first-order chi connectivity index (χ1) is 9.81. The van der Waals surface area contributed by atoms with Crippen molar-refractivity contribution in [3.8, 4) is 0 Å². The average Bonchev–Trinajstić information content (AvgIpc) is 2.89. The summed E-state index contributed by atoms with van der Waals surface area (Å²) in [4.78, 5) is 16.2. The molecule has 3 aromatic rings. The molecule has 1 aromatic heterocycles. The molecule has 0 aliphatic heterocycles. The lowest BCUT2D eigenvalue weighted by molar-refractivity contribution is -0.111. The van der Waals surface area contributed by atoms with E-state index in [1.54, 1.807) is 17.4 Å². The van der Waals surface area contributed by atoms with Crippen molar-refractivity contribution in [2.45, 2.75) is 0 Å². The average molecular weight is 280 g/mol. The van der Waals surface area contributed by atoms with Gasteiger partial charge in [0, 0.05) is 11.8 Å². The van der Waals surface area contributed by atoms with Crippen molar-refractivity contribution in [2.24, 2.45) is 0 Å². The summed E-state index contributed by atoms with van der Waals surface area (Å²) in [5.41, 5.74) is 1.74. The summed E-state index contributed by atoms with van der Waals surface area (Å²) >= 11 is 1.57. The van der Waals surface area contributed by atoms with Gasteiger partial charge in [0.15, 0.2) is 0 Å². The standard InChI is InChI=1S/C16H12N2OS/c19-15(17-12-6-2-1-3-7-12)10-11-16-18-13-8-4-5-9-14(13)20-16/h1-11H,(H,17,19)/b11-10+. The molecule has 0 spiro atoms. The monoisotopic (exact) mass is 280 g/mol. The highest BCUT2D eigenvalue weighted by atomic mass is 32.1. The van der Waals surface area contributed by atoms with Crippen molar-refractivity contribution < 1.29 is 4.79 Å². The Kier molecular flexibility index (Phi) is 3.56. The van der Waals surface area contributed by atoms with Gasteiger partial charge in [-0.05, 0) is 30.3 Å². The summed E-state index contributed by atoms with van der Waals surface area (Å²) in [5, 5.41) is 3.63. The Hall–Kier alpha value is -2.46. The molecule has 0 aliphatic rings. The minimum atomic E-state index is -0.157. The topological polar surface area (TPSA) is 42.0 Å². The number of fused-ring (bicyclic) bond motifs is 1. The van der Waals surface area contributed by atoms with Crippen molar-refractivity contribution >= 4 is 39.2 Å². The molecule has 98 valence electrons. The van der Waals surface area contributed by atoms with Gasteiger partial charge in [-0.3, -0.25) is 4.79 Å². The molecular formula is C16H12N2OS. The molecule has 2 aromatic carbocycles. The van der Waals surface area contributed by atoms with Gasteiger partial charge in [0.2, 0.25) is 5.91 Å². The van der Waals surface area contributed by atoms with Crippen LogP contribution in [0, 0.1) is 0 Å². The molecule has 0 saturated carbocycles. The van der Waals surface area contributed by atoms with Crippen molar-refractivity contribution in [1.82, 2.24) is 4.98 Å². The maximum absolute atomic E-state index is 11.8. The first kappa shape index (κ1) is 12.6. The number of hydrogen-bond donors (Lipinski definition) is 1. The van der Waals surface area contributed by atoms with E-state index in [0.717, 1.165) is 20.9 Å². The maximum atomic E-state index is 11.8. The number of rotatable bonds is 3. The second-order valence-corrected chi connectivity index (χ2v) is 5.27. The number of para-hydroxylation sites is 2. The number of carbonyl (C=O) groups excluding carboxylic acids is 1. The summed E-state index contributed by atoms with van der Waals surface area (Å²) in [6, 6.07) is 17.3. The van der Waals surface area contributed by atoms with E-state index in [9.17, 15) is 4.79 Å². The number of anilines is 1. The van der Waals surface area contributed by atoms with Crippen molar-refractivity contribution in [3.63, 3.8) is 0 Å². The van der Waals surface area contributed by atoms with Crippen molar-refractivity contribution in [2.75, 3.05) is 5.32 Å². The van der Waals surface area contributed by atoms with Gasteiger partial charge >= 0.3 is 0 Å². The van der Waals surface area contributed by atoms with E-state index in [2.05, 4.69) is 10.3 Å². The lowest BCUT2D eigenvalue weighted by Gasteiger charge is -1.99. The van der Waals surface area contributed by atoms with E-state index in [0.29, 0.717) is 0 Å². The van der Waals surface area contributed by atoms with E-state index in [4.69, 9.17) is 0 Å². The van der Waals surface area contributed by atoms with Crippen LogP contribution >= 0.6 is 11.3 Å². The number of benzene rings is 2. The highest BCUT2D eigenvalue weighted by Crippen LogP contribution is 2.22. The quantitative estimate of drug-likeness (QED) is 0.738. The Morgan fingerprint density at radius 3 is 2.60 bits per heavy atom. The van der Waals surface area contributed by atoms with Gasteiger partial charge in [0.1, 0.15) is 5.01 Å². The Labute approximate surface area is 120 Å². The summed E-state index contributed by atoms with van der Waals surface area (Å²) in [6.07, 6.45) is 3.24. The smallest absolute Gasteiger partial charge is 0.248 e. The second-order valence-electron chi connectivity index (χ2n) is 4.21. The van der Waals surface area contributed by atoms with Crippen LogP contribution in [0.2, 0.25) is 0 Å². The third-order valence-corrected chi connectivity index (χ3v) is 3.73.